The minimum atomic E-state index is -0.109. The molecule has 0 aliphatic heterocycles. The molecule has 0 aliphatic rings. The van der Waals surface area contributed by atoms with Crippen molar-refractivity contribution in [1.29, 1.82) is 0 Å². The molecule has 3 aromatic rings. The molecule has 3 rings (SSSR count). The zero-order valence-corrected chi connectivity index (χ0v) is 14.4. The number of hydrogen-bond donors (Lipinski definition) is 1. The second kappa shape index (κ2) is 7.61. The smallest absolute Gasteiger partial charge is 0.317 e. The third-order valence-electron chi connectivity index (χ3n) is 3.87. The fourth-order valence-corrected chi connectivity index (χ4v) is 2.58. The Morgan fingerprint density at radius 1 is 1.20 bits per heavy atom. The summed E-state index contributed by atoms with van der Waals surface area (Å²) < 4.78 is 1.83. The Kier molecular flexibility index (Phi) is 5.09. The van der Waals surface area contributed by atoms with Crippen molar-refractivity contribution < 1.29 is 4.79 Å². The molecule has 25 heavy (non-hydrogen) atoms. The highest BCUT2D eigenvalue weighted by Crippen LogP contribution is 2.08. The Morgan fingerprint density at radius 2 is 2.08 bits per heavy atom. The molecule has 0 unspecified atom stereocenters. The first-order valence-corrected chi connectivity index (χ1v) is 8.09. The highest BCUT2D eigenvalue weighted by Gasteiger charge is 2.09. The van der Waals surface area contributed by atoms with Gasteiger partial charge in [-0.15, -0.1) is 0 Å². The van der Waals surface area contributed by atoms with Crippen LogP contribution < -0.4 is 5.32 Å². The van der Waals surface area contributed by atoms with Crippen LogP contribution in [-0.4, -0.2) is 32.5 Å². The zero-order valence-electron chi connectivity index (χ0n) is 14.4. The average molecular weight is 335 g/mol. The summed E-state index contributed by atoms with van der Waals surface area (Å²) in [4.78, 5) is 22.3. The number of imidazole rings is 1. The summed E-state index contributed by atoms with van der Waals surface area (Å²) in [5.74, 6) is 0.775. The van der Waals surface area contributed by atoms with Gasteiger partial charge in [-0.3, -0.25) is 4.57 Å². The number of amides is 2. The summed E-state index contributed by atoms with van der Waals surface area (Å²) in [6, 6.07) is 11.9. The predicted octanol–water partition coefficient (Wildman–Crippen LogP) is 2.92. The van der Waals surface area contributed by atoms with Gasteiger partial charge in [0.1, 0.15) is 12.1 Å². The number of hydrogen-bond acceptors (Lipinski definition) is 3. The number of carbonyl (C=O) groups excluding carboxylic acids is 1. The molecule has 1 aromatic carbocycles. The largest absolute Gasteiger partial charge is 0.334 e. The van der Waals surface area contributed by atoms with Crippen LogP contribution in [0.4, 0.5) is 4.79 Å². The van der Waals surface area contributed by atoms with E-state index in [0.717, 1.165) is 16.9 Å². The molecule has 0 atom stereocenters. The molecule has 2 aromatic heterocycles. The van der Waals surface area contributed by atoms with Gasteiger partial charge >= 0.3 is 6.03 Å². The minimum absolute atomic E-state index is 0.109. The first-order valence-electron chi connectivity index (χ1n) is 8.09. The Labute approximate surface area is 147 Å². The molecular formula is C19H21N5O. The van der Waals surface area contributed by atoms with E-state index in [0.29, 0.717) is 13.1 Å². The molecule has 0 aliphatic carbocycles. The van der Waals surface area contributed by atoms with E-state index in [9.17, 15) is 4.79 Å². The molecule has 0 radical (unpaired) electrons. The summed E-state index contributed by atoms with van der Waals surface area (Å²) in [5.41, 5.74) is 3.29. The van der Waals surface area contributed by atoms with Crippen molar-refractivity contribution in [2.45, 2.75) is 20.0 Å². The van der Waals surface area contributed by atoms with Crippen molar-refractivity contribution in [2.24, 2.45) is 0 Å². The summed E-state index contributed by atoms with van der Waals surface area (Å²) in [6.45, 7) is 3.07. The van der Waals surface area contributed by atoms with Gasteiger partial charge in [-0.1, -0.05) is 29.8 Å². The Hall–Kier alpha value is -3.15. The van der Waals surface area contributed by atoms with Crippen LogP contribution >= 0.6 is 0 Å². The van der Waals surface area contributed by atoms with Crippen LogP contribution in [0.15, 0.2) is 61.3 Å². The highest BCUT2D eigenvalue weighted by molar-refractivity contribution is 5.73. The lowest BCUT2D eigenvalue weighted by atomic mass is 10.1. The number of aryl methyl sites for hydroxylation is 1. The van der Waals surface area contributed by atoms with Crippen molar-refractivity contribution >= 4 is 6.03 Å². The summed E-state index contributed by atoms with van der Waals surface area (Å²) >= 11 is 0. The average Bonchev–Trinajstić information content (AvgIpc) is 3.14. The maximum absolute atomic E-state index is 12.3. The van der Waals surface area contributed by atoms with Gasteiger partial charge < -0.3 is 10.2 Å². The molecule has 0 bridgehead atoms. The second-order valence-corrected chi connectivity index (χ2v) is 6.00. The third kappa shape index (κ3) is 4.44. The molecular weight excluding hydrogens is 314 g/mol. The highest BCUT2D eigenvalue weighted by atomic mass is 16.2. The number of carbonyl (C=O) groups is 1. The van der Waals surface area contributed by atoms with E-state index >= 15 is 0 Å². The number of nitrogens with zero attached hydrogens (tertiary/aromatic N) is 4. The van der Waals surface area contributed by atoms with Crippen molar-refractivity contribution in [3.8, 4) is 5.82 Å². The molecule has 6 heteroatoms. The number of urea groups is 1. The monoisotopic (exact) mass is 335 g/mol. The zero-order chi connectivity index (χ0) is 17.6. The molecule has 6 nitrogen and oxygen atoms in total. The van der Waals surface area contributed by atoms with E-state index < -0.39 is 0 Å². The van der Waals surface area contributed by atoms with Crippen LogP contribution in [0.25, 0.3) is 5.82 Å². The lowest BCUT2D eigenvalue weighted by Crippen LogP contribution is -2.36. The number of aromatic nitrogens is 3. The number of rotatable bonds is 5. The van der Waals surface area contributed by atoms with E-state index in [1.807, 2.05) is 48.0 Å². The maximum atomic E-state index is 12.3. The van der Waals surface area contributed by atoms with Gasteiger partial charge in [0.25, 0.3) is 0 Å². The minimum Gasteiger partial charge on any atom is -0.334 e. The van der Waals surface area contributed by atoms with Gasteiger partial charge in [0, 0.05) is 38.7 Å². The lowest BCUT2D eigenvalue weighted by molar-refractivity contribution is 0.206. The van der Waals surface area contributed by atoms with Crippen LogP contribution in [0.2, 0.25) is 0 Å². The Bertz CT molecular complexity index is 845. The summed E-state index contributed by atoms with van der Waals surface area (Å²) in [6.07, 6.45) is 6.96. The van der Waals surface area contributed by atoms with Crippen molar-refractivity contribution in [3.05, 3.63) is 78.0 Å². The molecule has 0 saturated carbocycles. The molecule has 0 fully saturated rings. The lowest BCUT2D eigenvalue weighted by Gasteiger charge is -2.18. The summed E-state index contributed by atoms with van der Waals surface area (Å²) in [5, 5.41) is 2.94. The maximum Gasteiger partial charge on any atom is 0.317 e. The van der Waals surface area contributed by atoms with Gasteiger partial charge in [0.15, 0.2) is 0 Å². The Balaban J connectivity index is 1.57. The van der Waals surface area contributed by atoms with E-state index in [1.165, 1.54) is 5.56 Å². The molecule has 2 heterocycles. The van der Waals surface area contributed by atoms with Crippen LogP contribution in [0.1, 0.15) is 16.7 Å². The van der Waals surface area contributed by atoms with Gasteiger partial charge in [-0.05, 0) is 30.2 Å². The molecule has 128 valence electrons. The van der Waals surface area contributed by atoms with E-state index in [4.69, 9.17) is 0 Å². The van der Waals surface area contributed by atoms with Gasteiger partial charge in [0.2, 0.25) is 0 Å². The number of benzene rings is 1. The molecule has 1 N–H and O–H groups in total. The van der Waals surface area contributed by atoms with Crippen molar-refractivity contribution in [1.82, 2.24) is 24.8 Å². The van der Waals surface area contributed by atoms with E-state index in [-0.39, 0.29) is 6.03 Å². The molecule has 0 saturated heterocycles. The van der Waals surface area contributed by atoms with Gasteiger partial charge in [0.05, 0.1) is 0 Å². The fraction of sp³-hybridized carbons (Fsp3) is 0.211. The standard InChI is InChI=1S/C19H21N5O/c1-15-4-3-5-17(10-15)13-23(2)19(25)22-12-16-6-7-21-18(11-16)24-9-8-20-14-24/h3-11,14H,12-13H2,1-2H3,(H,22,25). The normalized spacial score (nSPS) is 10.5. The summed E-state index contributed by atoms with van der Waals surface area (Å²) in [7, 11) is 1.79. The first kappa shape index (κ1) is 16.7. The third-order valence-corrected chi connectivity index (χ3v) is 3.87. The predicted molar refractivity (Wildman–Crippen MR) is 96.2 cm³/mol. The molecule has 0 spiro atoms. The van der Waals surface area contributed by atoms with Crippen LogP contribution in [-0.2, 0) is 13.1 Å². The number of pyridine rings is 1. The molecule has 2 amide bonds. The quantitative estimate of drug-likeness (QED) is 0.780. The number of nitrogens with one attached hydrogen (secondary N) is 1. The first-order chi connectivity index (χ1) is 12.1. The van der Waals surface area contributed by atoms with Crippen LogP contribution in [0, 0.1) is 6.92 Å². The van der Waals surface area contributed by atoms with Crippen LogP contribution in [0.3, 0.4) is 0 Å². The second-order valence-electron chi connectivity index (χ2n) is 6.00. The van der Waals surface area contributed by atoms with E-state index in [2.05, 4.69) is 21.4 Å². The van der Waals surface area contributed by atoms with Gasteiger partial charge in [-0.25, -0.2) is 14.8 Å². The van der Waals surface area contributed by atoms with Crippen molar-refractivity contribution in [3.63, 3.8) is 0 Å². The fourth-order valence-electron chi connectivity index (χ4n) is 2.58. The SMILES string of the molecule is Cc1cccc(CN(C)C(=O)NCc2ccnc(-n3ccnc3)c2)c1. The van der Waals surface area contributed by atoms with E-state index in [1.54, 1.807) is 30.7 Å². The topological polar surface area (TPSA) is 63.1 Å². The van der Waals surface area contributed by atoms with Crippen LogP contribution in [0.5, 0.6) is 0 Å². The van der Waals surface area contributed by atoms with Crippen molar-refractivity contribution in [2.75, 3.05) is 7.05 Å². The Morgan fingerprint density at radius 3 is 2.84 bits per heavy atom. The van der Waals surface area contributed by atoms with Gasteiger partial charge in [-0.2, -0.15) is 0 Å².